The smallest absolute Gasteiger partial charge is 0.343 e. The van der Waals surface area contributed by atoms with Crippen molar-refractivity contribution < 1.29 is 17.9 Å². The number of carbonyl (C=O) groups is 1. The van der Waals surface area contributed by atoms with Crippen LogP contribution in [0.2, 0.25) is 0 Å². The van der Waals surface area contributed by atoms with E-state index in [0.29, 0.717) is 5.75 Å². The zero-order valence-corrected chi connectivity index (χ0v) is 12.5. The first kappa shape index (κ1) is 14.7. The Morgan fingerprint density at radius 1 is 1.05 bits per heavy atom. The van der Waals surface area contributed by atoms with Crippen molar-refractivity contribution in [2.45, 2.75) is 23.8 Å². The quantitative estimate of drug-likeness (QED) is 0.678. The van der Waals surface area contributed by atoms with Crippen LogP contribution in [-0.4, -0.2) is 20.4 Å². The Morgan fingerprint density at radius 3 is 2.45 bits per heavy atom. The Morgan fingerprint density at radius 2 is 1.77 bits per heavy atom. The topological polar surface area (TPSA) is 72.5 Å². The first-order valence-electron chi connectivity index (χ1n) is 6.94. The van der Waals surface area contributed by atoms with Gasteiger partial charge in [0.1, 0.15) is 5.75 Å². The van der Waals surface area contributed by atoms with Gasteiger partial charge in [-0.2, -0.15) is 0 Å². The number of ether oxygens (including phenoxy) is 1. The van der Waals surface area contributed by atoms with Gasteiger partial charge in [0.05, 0.1) is 10.5 Å². The number of hydrogen-bond donors (Lipinski definition) is 1. The number of nitrogens with one attached hydrogen (secondary N) is 1. The lowest BCUT2D eigenvalue weighted by Gasteiger charge is -2.08. The summed E-state index contributed by atoms with van der Waals surface area (Å²) in [6.07, 6.45) is 1.71. The highest BCUT2D eigenvalue weighted by Gasteiger charge is 2.28. The fourth-order valence-corrected chi connectivity index (χ4v) is 3.28. The van der Waals surface area contributed by atoms with E-state index in [1.54, 1.807) is 24.3 Å². The molecule has 1 aliphatic carbocycles. The molecule has 0 saturated heterocycles. The fourth-order valence-electron chi connectivity index (χ4n) is 1.93. The van der Waals surface area contributed by atoms with Crippen LogP contribution < -0.4 is 9.46 Å². The molecule has 0 atom stereocenters. The molecule has 0 spiro atoms. The van der Waals surface area contributed by atoms with Gasteiger partial charge in [-0.1, -0.05) is 24.3 Å². The van der Waals surface area contributed by atoms with Crippen molar-refractivity contribution in [1.29, 1.82) is 0 Å². The van der Waals surface area contributed by atoms with Crippen LogP contribution in [0.3, 0.4) is 0 Å². The molecule has 5 nitrogen and oxygen atoms in total. The molecule has 2 aromatic rings. The van der Waals surface area contributed by atoms with Gasteiger partial charge in [0.2, 0.25) is 10.0 Å². The molecule has 1 saturated carbocycles. The van der Waals surface area contributed by atoms with Crippen LogP contribution >= 0.6 is 0 Å². The van der Waals surface area contributed by atoms with Crippen molar-refractivity contribution in [2.75, 3.05) is 0 Å². The monoisotopic (exact) mass is 317 g/mol. The highest BCUT2D eigenvalue weighted by Crippen LogP contribution is 2.22. The molecule has 3 rings (SSSR count). The second-order valence-corrected chi connectivity index (χ2v) is 6.84. The number of carbonyl (C=O) groups excluding carboxylic acids is 1. The zero-order valence-electron chi connectivity index (χ0n) is 11.7. The summed E-state index contributed by atoms with van der Waals surface area (Å²) in [5, 5.41) is 0. The Bertz CT molecular complexity index is 783. The minimum atomic E-state index is -3.58. The van der Waals surface area contributed by atoms with Gasteiger partial charge >= 0.3 is 5.97 Å². The Hall–Kier alpha value is -2.18. The molecule has 0 radical (unpaired) electrons. The summed E-state index contributed by atoms with van der Waals surface area (Å²) in [7, 11) is -3.58. The molecule has 22 heavy (non-hydrogen) atoms. The van der Waals surface area contributed by atoms with E-state index in [1.165, 1.54) is 24.3 Å². The molecule has 0 amide bonds. The van der Waals surface area contributed by atoms with E-state index in [1.807, 2.05) is 6.07 Å². The summed E-state index contributed by atoms with van der Waals surface area (Å²) in [5.74, 6) is -0.175. The first-order chi connectivity index (χ1) is 10.5. The molecular formula is C16H15NO4S. The van der Waals surface area contributed by atoms with Crippen LogP contribution in [0.15, 0.2) is 59.5 Å². The van der Waals surface area contributed by atoms with Gasteiger partial charge in [0, 0.05) is 6.04 Å². The molecule has 6 heteroatoms. The number of benzene rings is 2. The van der Waals surface area contributed by atoms with Gasteiger partial charge < -0.3 is 4.74 Å². The summed E-state index contributed by atoms with van der Waals surface area (Å²) in [5.41, 5.74) is 0.197. The van der Waals surface area contributed by atoms with Crippen LogP contribution in [0.1, 0.15) is 23.2 Å². The third-order valence-corrected chi connectivity index (χ3v) is 4.75. The van der Waals surface area contributed by atoms with Gasteiger partial charge in [-0.15, -0.1) is 0 Å². The van der Waals surface area contributed by atoms with Crippen LogP contribution in [0.5, 0.6) is 5.75 Å². The molecule has 2 aromatic carbocycles. The van der Waals surface area contributed by atoms with E-state index in [0.717, 1.165) is 12.8 Å². The molecule has 0 aromatic heterocycles. The van der Waals surface area contributed by atoms with E-state index in [2.05, 4.69) is 4.72 Å². The maximum Gasteiger partial charge on any atom is 0.343 e. The summed E-state index contributed by atoms with van der Waals surface area (Å²) in [6.45, 7) is 0. The van der Waals surface area contributed by atoms with Crippen LogP contribution in [-0.2, 0) is 10.0 Å². The Kier molecular flexibility index (Phi) is 3.96. The number of para-hydroxylation sites is 1. The van der Waals surface area contributed by atoms with Crippen LogP contribution in [0, 0.1) is 0 Å². The van der Waals surface area contributed by atoms with Gasteiger partial charge in [0.25, 0.3) is 0 Å². The maximum atomic E-state index is 12.2. The summed E-state index contributed by atoms with van der Waals surface area (Å²) < 4.78 is 32.1. The lowest BCUT2D eigenvalue weighted by molar-refractivity contribution is 0.0734. The molecule has 1 aliphatic rings. The third-order valence-electron chi connectivity index (χ3n) is 3.23. The largest absolute Gasteiger partial charge is 0.423 e. The van der Waals surface area contributed by atoms with Gasteiger partial charge in [-0.25, -0.2) is 17.9 Å². The van der Waals surface area contributed by atoms with E-state index in [-0.39, 0.29) is 16.5 Å². The van der Waals surface area contributed by atoms with Crippen molar-refractivity contribution in [3.8, 4) is 5.75 Å². The number of esters is 1. The molecule has 0 aliphatic heterocycles. The van der Waals surface area contributed by atoms with Crippen LogP contribution in [0.4, 0.5) is 0 Å². The molecular weight excluding hydrogens is 302 g/mol. The summed E-state index contributed by atoms with van der Waals surface area (Å²) in [6, 6.07) is 14.5. The van der Waals surface area contributed by atoms with Crippen molar-refractivity contribution in [1.82, 2.24) is 4.72 Å². The molecule has 1 fully saturated rings. The van der Waals surface area contributed by atoms with E-state index in [4.69, 9.17) is 4.74 Å². The molecule has 1 N–H and O–H groups in total. The third kappa shape index (κ3) is 3.52. The van der Waals surface area contributed by atoms with Crippen molar-refractivity contribution in [3.05, 3.63) is 60.2 Å². The van der Waals surface area contributed by atoms with Crippen molar-refractivity contribution in [3.63, 3.8) is 0 Å². The van der Waals surface area contributed by atoms with E-state index in [9.17, 15) is 13.2 Å². The molecule has 114 valence electrons. The lowest BCUT2D eigenvalue weighted by atomic mass is 10.2. The predicted molar refractivity (Wildman–Crippen MR) is 81.2 cm³/mol. The van der Waals surface area contributed by atoms with E-state index >= 15 is 0 Å². The second-order valence-electron chi connectivity index (χ2n) is 5.13. The van der Waals surface area contributed by atoms with Crippen LogP contribution in [0.25, 0.3) is 0 Å². The standard InChI is InChI=1S/C16H15NO4S/c18-16(21-14-6-2-1-3-7-14)12-5-4-8-15(11-12)22(19,20)17-13-9-10-13/h1-8,11,13,17H,9-10H2. The van der Waals surface area contributed by atoms with Gasteiger partial charge in [-0.3, -0.25) is 0 Å². The minimum absolute atomic E-state index is 0.0185. The molecule has 0 heterocycles. The Labute approximate surface area is 129 Å². The maximum absolute atomic E-state index is 12.2. The lowest BCUT2D eigenvalue weighted by Crippen LogP contribution is -2.26. The average molecular weight is 317 g/mol. The van der Waals surface area contributed by atoms with E-state index < -0.39 is 16.0 Å². The van der Waals surface area contributed by atoms with Crippen molar-refractivity contribution in [2.24, 2.45) is 0 Å². The zero-order chi connectivity index (χ0) is 15.6. The SMILES string of the molecule is O=C(Oc1ccccc1)c1cccc(S(=O)(=O)NC2CC2)c1. The molecule has 0 unspecified atom stereocenters. The predicted octanol–water partition coefficient (Wildman–Crippen LogP) is 2.35. The second kappa shape index (κ2) is 5.90. The number of rotatable bonds is 5. The summed E-state index contributed by atoms with van der Waals surface area (Å²) in [4.78, 5) is 12.2. The van der Waals surface area contributed by atoms with Gasteiger partial charge in [0.15, 0.2) is 0 Å². The van der Waals surface area contributed by atoms with Crippen molar-refractivity contribution >= 4 is 16.0 Å². The average Bonchev–Trinajstić information content (AvgIpc) is 3.32. The first-order valence-corrected chi connectivity index (χ1v) is 8.42. The highest BCUT2D eigenvalue weighted by molar-refractivity contribution is 7.89. The molecule has 0 bridgehead atoms. The fraction of sp³-hybridized carbons (Fsp3) is 0.188. The summed E-state index contributed by atoms with van der Waals surface area (Å²) >= 11 is 0. The number of sulfonamides is 1. The number of hydrogen-bond acceptors (Lipinski definition) is 4. The normalized spacial score (nSPS) is 14.5. The minimum Gasteiger partial charge on any atom is -0.423 e. The van der Waals surface area contributed by atoms with Gasteiger partial charge in [-0.05, 0) is 43.2 Å². The Balaban J connectivity index is 1.80. The highest BCUT2D eigenvalue weighted by atomic mass is 32.2.